The van der Waals surface area contributed by atoms with Gasteiger partial charge in [0.25, 0.3) is 0 Å². The molecular formula is C20H24N2O6S. The summed E-state index contributed by atoms with van der Waals surface area (Å²) < 4.78 is 35.7. The van der Waals surface area contributed by atoms with E-state index < -0.39 is 28.4 Å². The molecule has 0 heterocycles. The Morgan fingerprint density at radius 2 is 1.76 bits per heavy atom. The SMILES string of the molecule is COC(=O)c1ccc(NC(=O)CN(c2cccc(OC(C)C)c2)S(C)(=O)=O)cc1. The number of hydrogen-bond donors (Lipinski definition) is 1. The van der Waals surface area contributed by atoms with Gasteiger partial charge in [0.05, 0.1) is 30.7 Å². The van der Waals surface area contributed by atoms with Crippen LogP contribution < -0.4 is 14.4 Å². The molecule has 0 saturated carbocycles. The molecule has 0 bridgehead atoms. The number of benzene rings is 2. The minimum atomic E-state index is -3.72. The van der Waals surface area contributed by atoms with Crippen LogP contribution in [-0.4, -0.2) is 46.3 Å². The number of esters is 1. The first-order chi connectivity index (χ1) is 13.6. The fourth-order valence-corrected chi connectivity index (χ4v) is 3.37. The van der Waals surface area contributed by atoms with Gasteiger partial charge in [0.1, 0.15) is 12.3 Å². The summed E-state index contributed by atoms with van der Waals surface area (Å²) in [5.41, 5.74) is 1.08. The predicted molar refractivity (Wildman–Crippen MR) is 111 cm³/mol. The Morgan fingerprint density at radius 1 is 1.10 bits per heavy atom. The third-order valence-electron chi connectivity index (χ3n) is 3.75. The van der Waals surface area contributed by atoms with Crippen molar-refractivity contribution in [2.45, 2.75) is 20.0 Å². The Balaban J connectivity index is 2.16. The summed E-state index contributed by atoms with van der Waals surface area (Å²) in [6, 6.07) is 12.6. The van der Waals surface area contributed by atoms with Crippen LogP contribution in [0.25, 0.3) is 0 Å². The number of ether oxygens (including phenoxy) is 2. The molecule has 1 N–H and O–H groups in total. The molecule has 156 valence electrons. The Morgan fingerprint density at radius 3 is 2.31 bits per heavy atom. The molecule has 0 fully saturated rings. The van der Waals surface area contributed by atoms with E-state index >= 15 is 0 Å². The van der Waals surface area contributed by atoms with Crippen molar-refractivity contribution in [3.63, 3.8) is 0 Å². The van der Waals surface area contributed by atoms with Crippen molar-refractivity contribution in [1.29, 1.82) is 0 Å². The molecule has 0 spiro atoms. The zero-order valence-corrected chi connectivity index (χ0v) is 17.5. The number of carbonyl (C=O) groups excluding carboxylic acids is 2. The van der Waals surface area contributed by atoms with Gasteiger partial charge in [-0.15, -0.1) is 0 Å². The minimum absolute atomic E-state index is 0.0757. The van der Waals surface area contributed by atoms with Gasteiger partial charge in [0.15, 0.2) is 0 Å². The lowest BCUT2D eigenvalue weighted by molar-refractivity contribution is -0.114. The minimum Gasteiger partial charge on any atom is -0.491 e. The smallest absolute Gasteiger partial charge is 0.337 e. The highest BCUT2D eigenvalue weighted by Crippen LogP contribution is 2.24. The van der Waals surface area contributed by atoms with Crippen LogP contribution in [0.2, 0.25) is 0 Å². The van der Waals surface area contributed by atoms with Crippen molar-refractivity contribution < 1.29 is 27.5 Å². The van der Waals surface area contributed by atoms with Crippen LogP contribution in [0.4, 0.5) is 11.4 Å². The summed E-state index contributed by atoms with van der Waals surface area (Å²) in [5, 5.41) is 2.62. The normalized spacial score (nSPS) is 11.1. The fraction of sp³-hybridized carbons (Fsp3) is 0.300. The van der Waals surface area contributed by atoms with E-state index in [9.17, 15) is 18.0 Å². The van der Waals surface area contributed by atoms with Crippen LogP contribution in [-0.2, 0) is 19.6 Å². The molecular weight excluding hydrogens is 396 g/mol. The molecule has 29 heavy (non-hydrogen) atoms. The maximum Gasteiger partial charge on any atom is 0.337 e. The summed E-state index contributed by atoms with van der Waals surface area (Å²) in [4.78, 5) is 23.9. The standard InChI is InChI=1S/C20H24N2O6S/c1-14(2)28-18-7-5-6-17(12-18)22(29(4,25)26)13-19(23)21-16-10-8-15(9-11-16)20(24)27-3/h5-12,14H,13H2,1-4H3,(H,21,23). The molecule has 0 aliphatic carbocycles. The van der Waals surface area contributed by atoms with Gasteiger partial charge in [-0.2, -0.15) is 0 Å². The van der Waals surface area contributed by atoms with E-state index in [1.54, 1.807) is 24.3 Å². The number of methoxy groups -OCH3 is 1. The van der Waals surface area contributed by atoms with Gasteiger partial charge < -0.3 is 14.8 Å². The molecule has 0 aliphatic heterocycles. The number of anilines is 2. The van der Waals surface area contributed by atoms with E-state index in [0.717, 1.165) is 10.6 Å². The van der Waals surface area contributed by atoms with Crippen molar-refractivity contribution in [2.75, 3.05) is 29.5 Å². The number of hydrogen-bond acceptors (Lipinski definition) is 6. The molecule has 8 nitrogen and oxygen atoms in total. The third-order valence-corrected chi connectivity index (χ3v) is 4.90. The second kappa shape index (κ2) is 9.42. The highest BCUT2D eigenvalue weighted by atomic mass is 32.2. The van der Waals surface area contributed by atoms with Crippen LogP contribution in [0.5, 0.6) is 5.75 Å². The van der Waals surface area contributed by atoms with Gasteiger partial charge in [-0.05, 0) is 50.2 Å². The lowest BCUT2D eigenvalue weighted by atomic mass is 10.2. The summed E-state index contributed by atoms with van der Waals surface area (Å²) in [6.45, 7) is 3.31. The van der Waals surface area contributed by atoms with E-state index in [4.69, 9.17) is 4.74 Å². The topological polar surface area (TPSA) is 102 Å². The first kappa shape index (κ1) is 22.2. The van der Waals surface area contributed by atoms with Crippen molar-refractivity contribution in [3.05, 3.63) is 54.1 Å². The number of sulfonamides is 1. The highest BCUT2D eigenvalue weighted by Gasteiger charge is 2.21. The van der Waals surface area contributed by atoms with E-state index in [2.05, 4.69) is 10.1 Å². The van der Waals surface area contributed by atoms with Gasteiger partial charge >= 0.3 is 5.97 Å². The monoisotopic (exact) mass is 420 g/mol. The highest BCUT2D eigenvalue weighted by molar-refractivity contribution is 7.92. The number of nitrogens with zero attached hydrogens (tertiary/aromatic N) is 1. The summed E-state index contributed by atoms with van der Waals surface area (Å²) >= 11 is 0. The van der Waals surface area contributed by atoms with Crippen LogP contribution in [0.1, 0.15) is 24.2 Å². The third kappa shape index (κ3) is 6.49. The molecule has 0 atom stereocenters. The van der Waals surface area contributed by atoms with Crippen LogP contribution in [0, 0.1) is 0 Å². The average Bonchev–Trinajstić information content (AvgIpc) is 2.65. The molecule has 2 aromatic carbocycles. The zero-order chi connectivity index (χ0) is 21.6. The van der Waals surface area contributed by atoms with Crippen LogP contribution >= 0.6 is 0 Å². The van der Waals surface area contributed by atoms with Crippen molar-refractivity contribution >= 4 is 33.3 Å². The summed E-state index contributed by atoms with van der Waals surface area (Å²) in [7, 11) is -2.44. The van der Waals surface area contributed by atoms with Crippen LogP contribution in [0.15, 0.2) is 48.5 Å². The van der Waals surface area contributed by atoms with E-state index in [-0.39, 0.29) is 6.10 Å². The maximum atomic E-state index is 12.4. The van der Waals surface area contributed by atoms with Crippen molar-refractivity contribution in [1.82, 2.24) is 0 Å². The quantitative estimate of drug-likeness (QED) is 0.659. The second-order valence-electron chi connectivity index (χ2n) is 6.55. The summed E-state index contributed by atoms with van der Waals surface area (Å²) in [5.74, 6) is -0.518. The number of nitrogens with one attached hydrogen (secondary N) is 1. The molecule has 0 unspecified atom stereocenters. The molecule has 1 amide bonds. The first-order valence-electron chi connectivity index (χ1n) is 8.83. The Labute approximate surface area is 170 Å². The maximum absolute atomic E-state index is 12.4. The van der Waals surface area contributed by atoms with Gasteiger partial charge in [0.2, 0.25) is 15.9 Å². The Bertz CT molecular complexity index is 971. The van der Waals surface area contributed by atoms with Gasteiger partial charge in [-0.25, -0.2) is 13.2 Å². The van der Waals surface area contributed by atoms with Gasteiger partial charge in [0, 0.05) is 11.8 Å². The molecule has 0 radical (unpaired) electrons. The molecule has 0 aromatic heterocycles. The Hall–Kier alpha value is -3.07. The van der Waals surface area contributed by atoms with Gasteiger partial charge in [-0.1, -0.05) is 6.07 Å². The molecule has 2 aromatic rings. The van der Waals surface area contributed by atoms with Crippen LogP contribution in [0.3, 0.4) is 0 Å². The zero-order valence-electron chi connectivity index (χ0n) is 16.7. The molecule has 0 aliphatic rings. The largest absolute Gasteiger partial charge is 0.491 e. The van der Waals surface area contributed by atoms with E-state index in [1.165, 1.54) is 31.4 Å². The molecule has 9 heteroatoms. The Kier molecular flexibility index (Phi) is 7.22. The van der Waals surface area contributed by atoms with E-state index in [0.29, 0.717) is 22.7 Å². The number of rotatable bonds is 8. The lowest BCUT2D eigenvalue weighted by Crippen LogP contribution is -2.37. The summed E-state index contributed by atoms with van der Waals surface area (Å²) in [6.07, 6.45) is 0.953. The molecule has 2 rings (SSSR count). The predicted octanol–water partition coefficient (Wildman–Crippen LogP) is 2.67. The average molecular weight is 420 g/mol. The number of carbonyl (C=O) groups is 2. The second-order valence-corrected chi connectivity index (χ2v) is 8.46. The number of amides is 1. The fourth-order valence-electron chi connectivity index (χ4n) is 2.52. The lowest BCUT2D eigenvalue weighted by Gasteiger charge is -2.22. The van der Waals surface area contributed by atoms with Gasteiger partial charge in [-0.3, -0.25) is 9.10 Å². The van der Waals surface area contributed by atoms with Crippen molar-refractivity contribution in [2.24, 2.45) is 0 Å². The first-order valence-corrected chi connectivity index (χ1v) is 10.7. The van der Waals surface area contributed by atoms with E-state index in [1.807, 2.05) is 13.8 Å². The molecule has 0 saturated heterocycles. The van der Waals surface area contributed by atoms with Crippen molar-refractivity contribution in [3.8, 4) is 5.75 Å².